The van der Waals surface area contributed by atoms with E-state index in [9.17, 15) is 4.79 Å². The van der Waals surface area contributed by atoms with Crippen LogP contribution in [0.3, 0.4) is 0 Å². The summed E-state index contributed by atoms with van der Waals surface area (Å²) in [5.74, 6) is -0.293. The third-order valence-electron chi connectivity index (χ3n) is 2.16. The molecule has 0 fully saturated rings. The number of carbonyl (C=O) groups is 1. The quantitative estimate of drug-likeness (QED) is 0.247. The first-order valence-corrected chi connectivity index (χ1v) is 6.28. The van der Waals surface area contributed by atoms with Crippen LogP contribution in [0.2, 0.25) is 0 Å². The van der Waals surface area contributed by atoms with Crippen LogP contribution in [0.15, 0.2) is 12.2 Å². The fraction of sp³-hybridized carbons (Fsp3) is 0.769. The minimum absolute atomic E-state index is 0.293. The first-order valence-electron chi connectivity index (χ1n) is 6.28. The Bertz CT molecular complexity index is 188. The lowest BCUT2D eigenvalue weighted by Crippen LogP contribution is -2.04. The van der Waals surface area contributed by atoms with E-state index < -0.39 is 0 Å². The molecule has 16 heavy (non-hydrogen) atoms. The van der Waals surface area contributed by atoms with Crippen LogP contribution in [-0.2, 0) is 14.6 Å². The highest BCUT2D eigenvalue weighted by Crippen LogP contribution is 2.02. The molecule has 0 atom stereocenters. The molecule has 0 aliphatic rings. The van der Waals surface area contributed by atoms with E-state index in [0.717, 1.165) is 12.8 Å². The lowest BCUT2D eigenvalue weighted by molar-refractivity contribution is -0.265. The van der Waals surface area contributed by atoms with Crippen molar-refractivity contribution < 1.29 is 14.6 Å². The van der Waals surface area contributed by atoms with Crippen molar-refractivity contribution in [1.82, 2.24) is 0 Å². The summed E-state index contributed by atoms with van der Waals surface area (Å²) in [6.07, 6.45) is 11.3. The summed E-state index contributed by atoms with van der Waals surface area (Å²) in [7, 11) is 0. The minimum Gasteiger partial charge on any atom is -0.298 e. The minimum atomic E-state index is -0.293. The Kier molecular flexibility index (Phi) is 11.6. The Morgan fingerprint density at radius 1 is 1.06 bits per heavy atom. The van der Waals surface area contributed by atoms with Gasteiger partial charge in [0.25, 0.3) is 0 Å². The van der Waals surface area contributed by atoms with Gasteiger partial charge in [-0.3, -0.25) is 4.89 Å². The van der Waals surface area contributed by atoms with Gasteiger partial charge in [-0.1, -0.05) is 45.3 Å². The fourth-order valence-electron chi connectivity index (χ4n) is 1.26. The lowest BCUT2D eigenvalue weighted by Gasteiger charge is -1.99. The molecule has 0 heterocycles. The number of hydrogen-bond donors (Lipinski definition) is 0. The Labute approximate surface area is 98.7 Å². The molecule has 0 unspecified atom stereocenters. The summed E-state index contributed by atoms with van der Waals surface area (Å²) < 4.78 is 0. The molecule has 0 aromatic heterocycles. The molecule has 0 spiro atoms. The van der Waals surface area contributed by atoms with Gasteiger partial charge >= 0.3 is 5.97 Å². The van der Waals surface area contributed by atoms with Crippen LogP contribution in [0.4, 0.5) is 0 Å². The highest BCUT2D eigenvalue weighted by Gasteiger charge is 1.99. The highest BCUT2D eigenvalue weighted by molar-refractivity contribution is 5.68. The van der Waals surface area contributed by atoms with E-state index in [2.05, 4.69) is 17.9 Å². The maximum absolute atomic E-state index is 10.9. The van der Waals surface area contributed by atoms with Gasteiger partial charge in [0, 0.05) is 6.42 Å². The van der Waals surface area contributed by atoms with E-state index in [1.807, 2.05) is 13.0 Å². The molecule has 3 nitrogen and oxygen atoms in total. The third-order valence-corrected chi connectivity index (χ3v) is 2.16. The van der Waals surface area contributed by atoms with Crippen LogP contribution in [0, 0.1) is 0 Å². The monoisotopic (exact) mass is 228 g/mol. The van der Waals surface area contributed by atoms with Gasteiger partial charge < -0.3 is 0 Å². The molecule has 0 radical (unpaired) electrons. The lowest BCUT2D eigenvalue weighted by atomic mass is 10.1. The molecule has 0 N–H and O–H groups in total. The normalized spacial score (nSPS) is 10.9. The maximum atomic E-state index is 10.9. The maximum Gasteiger partial charge on any atom is 0.342 e. The van der Waals surface area contributed by atoms with Gasteiger partial charge in [-0.05, 0) is 19.3 Å². The highest BCUT2D eigenvalue weighted by atomic mass is 17.2. The molecule has 0 aromatic rings. The Balaban J connectivity index is 3.18. The van der Waals surface area contributed by atoms with Crippen LogP contribution in [0.1, 0.15) is 58.8 Å². The van der Waals surface area contributed by atoms with Crippen molar-refractivity contribution in [2.24, 2.45) is 0 Å². The summed E-state index contributed by atoms with van der Waals surface area (Å²) in [6.45, 7) is 4.48. The number of allylic oxidation sites excluding steroid dienone is 1. The Morgan fingerprint density at radius 3 is 2.56 bits per heavy atom. The van der Waals surface area contributed by atoms with Crippen LogP contribution in [0.5, 0.6) is 0 Å². The fourth-order valence-corrected chi connectivity index (χ4v) is 1.26. The topological polar surface area (TPSA) is 35.5 Å². The van der Waals surface area contributed by atoms with Crippen molar-refractivity contribution in [1.29, 1.82) is 0 Å². The van der Waals surface area contributed by atoms with E-state index >= 15 is 0 Å². The van der Waals surface area contributed by atoms with Gasteiger partial charge in [-0.25, -0.2) is 4.79 Å². The average Bonchev–Trinajstić information content (AvgIpc) is 2.27. The smallest absolute Gasteiger partial charge is 0.298 e. The first kappa shape index (κ1) is 15.2. The zero-order chi connectivity index (χ0) is 12.1. The number of unbranched alkanes of at least 4 members (excludes halogenated alkanes) is 4. The van der Waals surface area contributed by atoms with Crippen molar-refractivity contribution in [3.63, 3.8) is 0 Å². The van der Waals surface area contributed by atoms with Crippen molar-refractivity contribution in [2.75, 3.05) is 6.61 Å². The van der Waals surface area contributed by atoms with Crippen molar-refractivity contribution in [3.8, 4) is 0 Å². The average molecular weight is 228 g/mol. The van der Waals surface area contributed by atoms with E-state index in [1.54, 1.807) is 0 Å². The van der Waals surface area contributed by atoms with E-state index in [0.29, 0.717) is 13.0 Å². The number of rotatable bonds is 10. The third kappa shape index (κ3) is 11.2. The van der Waals surface area contributed by atoms with Crippen molar-refractivity contribution in [3.05, 3.63) is 12.2 Å². The van der Waals surface area contributed by atoms with Gasteiger partial charge in [-0.15, -0.1) is 0 Å². The standard InChI is InChI=1S/C13H24O3/c1-3-5-6-7-8-9-10-12-15-16-13(14)11-4-2/h9-10H,3-8,11-12H2,1-2H3/b10-9-. The number of hydrogen-bond acceptors (Lipinski definition) is 3. The van der Waals surface area contributed by atoms with Gasteiger partial charge in [-0.2, -0.15) is 4.89 Å². The summed E-state index contributed by atoms with van der Waals surface area (Å²) in [5.41, 5.74) is 0. The van der Waals surface area contributed by atoms with Crippen LogP contribution in [0.25, 0.3) is 0 Å². The van der Waals surface area contributed by atoms with E-state index in [4.69, 9.17) is 4.89 Å². The second-order valence-electron chi connectivity index (χ2n) is 3.81. The molecule has 0 amide bonds. The molecule has 0 bridgehead atoms. The van der Waals surface area contributed by atoms with Crippen molar-refractivity contribution in [2.45, 2.75) is 58.8 Å². The SMILES string of the molecule is CCCCCC/C=C\COOC(=O)CCC. The molecule has 3 heteroatoms. The van der Waals surface area contributed by atoms with Gasteiger partial charge in [0.1, 0.15) is 6.61 Å². The van der Waals surface area contributed by atoms with Crippen LogP contribution in [-0.4, -0.2) is 12.6 Å². The molecule has 0 aliphatic heterocycles. The first-order chi connectivity index (χ1) is 7.81. The van der Waals surface area contributed by atoms with Crippen LogP contribution < -0.4 is 0 Å². The van der Waals surface area contributed by atoms with E-state index in [1.165, 1.54) is 25.7 Å². The summed E-state index contributed by atoms with van der Waals surface area (Å²) in [5, 5.41) is 0. The predicted molar refractivity (Wildman–Crippen MR) is 64.9 cm³/mol. The largest absolute Gasteiger partial charge is 0.342 e. The molecule has 0 rings (SSSR count). The van der Waals surface area contributed by atoms with Gasteiger partial charge in [0.15, 0.2) is 0 Å². The summed E-state index contributed by atoms with van der Waals surface area (Å²) >= 11 is 0. The zero-order valence-electron chi connectivity index (χ0n) is 10.5. The molecule has 0 aromatic carbocycles. The molecular weight excluding hydrogens is 204 g/mol. The Morgan fingerprint density at radius 2 is 1.88 bits per heavy atom. The molecule has 94 valence electrons. The second-order valence-corrected chi connectivity index (χ2v) is 3.81. The van der Waals surface area contributed by atoms with Gasteiger partial charge in [0.05, 0.1) is 0 Å². The predicted octanol–water partition coefficient (Wildman–Crippen LogP) is 3.79. The van der Waals surface area contributed by atoms with Gasteiger partial charge in [0.2, 0.25) is 0 Å². The van der Waals surface area contributed by atoms with Crippen molar-refractivity contribution >= 4 is 5.97 Å². The molecule has 0 saturated heterocycles. The molecule has 0 saturated carbocycles. The Hall–Kier alpha value is -0.830. The summed E-state index contributed by atoms with van der Waals surface area (Å²) in [4.78, 5) is 20.2. The van der Waals surface area contributed by atoms with E-state index in [-0.39, 0.29) is 5.97 Å². The zero-order valence-corrected chi connectivity index (χ0v) is 10.5. The molecule has 0 aliphatic carbocycles. The van der Waals surface area contributed by atoms with Crippen LogP contribution >= 0.6 is 0 Å². The summed E-state index contributed by atoms with van der Waals surface area (Å²) in [6, 6.07) is 0. The second kappa shape index (κ2) is 12.2. The number of carbonyl (C=O) groups excluding carboxylic acids is 1. The molecular formula is C13H24O3.